The first-order chi connectivity index (χ1) is 10.0. The summed E-state index contributed by atoms with van der Waals surface area (Å²) in [6, 6.07) is 9.06. The van der Waals surface area contributed by atoms with Gasteiger partial charge in [-0.15, -0.1) is 0 Å². The van der Waals surface area contributed by atoms with Crippen LogP contribution < -0.4 is 5.73 Å². The van der Waals surface area contributed by atoms with Gasteiger partial charge in [0.25, 0.3) is 5.89 Å². The molecule has 1 aromatic heterocycles. The largest absolute Gasteiger partial charge is 0.399 e. The van der Waals surface area contributed by atoms with Crippen molar-refractivity contribution >= 4 is 5.69 Å². The Morgan fingerprint density at radius 1 is 1.10 bits per heavy atom. The summed E-state index contributed by atoms with van der Waals surface area (Å²) in [4.78, 5) is 4.13. The molecule has 0 saturated heterocycles. The molecule has 0 aliphatic heterocycles. The highest BCUT2D eigenvalue weighted by Gasteiger charge is 2.16. The summed E-state index contributed by atoms with van der Waals surface area (Å²) >= 11 is 0. The third kappa shape index (κ3) is 2.47. The molecule has 1 heterocycles. The highest BCUT2D eigenvalue weighted by atomic mass is 19.1. The lowest BCUT2D eigenvalue weighted by Crippen LogP contribution is -1.91. The second-order valence-electron chi connectivity index (χ2n) is 4.63. The first-order valence-corrected chi connectivity index (χ1v) is 6.20. The topological polar surface area (TPSA) is 64.9 Å². The van der Waals surface area contributed by atoms with E-state index in [4.69, 9.17) is 10.3 Å². The molecule has 21 heavy (non-hydrogen) atoms. The summed E-state index contributed by atoms with van der Waals surface area (Å²) in [5.41, 5.74) is 7.27. The Kier molecular flexibility index (Phi) is 3.13. The molecule has 0 amide bonds. The van der Waals surface area contributed by atoms with Crippen molar-refractivity contribution in [2.24, 2.45) is 0 Å². The fourth-order valence-electron chi connectivity index (χ4n) is 1.95. The van der Waals surface area contributed by atoms with Crippen LogP contribution in [0.5, 0.6) is 0 Å². The van der Waals surface area contributed by atoms with Crippen LogP contribution >= 0.6 is 0 Å². The molecule has 0 unspecified atom stereocenters. The summed E-state index contributed by atoms with van der Waals surface area (Å²) in [5.74, 6) is -1.08. The Hall–Kier alpha value is -2.76. The van der Waals surface area contributed by atoms with E-state index in [9.17, 15) is 8.78 Å². The summed E-state index contributed by atoms with van der Waals surface area (Å²) in [5, 5.41) is 3.80. The number of nitrogens with zero attached hydrogens (tertiary/aromatic N) is 2. The molecule has 4 nitrogen and oxygen atoms in total. The quantitative estimate of drug-likeness (QED) is 0.732. The number of nitrogen functional groups attached to an aromatic ring is 1. The molecule has 0 aliphatic carbocycles. The zero-order valence-electron chi connectivity index (χ0n) is 11.1. The number of hydrogen-bond donors (Lipinski definition) is 1. The smallest absolute Gasteiger partial charge is 0.261 e. The molecule has 2 aromatic carbocycles. The van der Waals surface area contributed by atoms with Gasteiger partial charge in [0.2, 0.25) is 5.82 Å². The van der Waals surface area contributed by atoms with Crippen molar-refractivity contribution in [1.82, 2.24) is 10.1 Å². The number of hydrogen-bond acceptors (Lipinski definition) is 4. The molecule has 0 atom stereocenters. The van der Waals surface area contributed by atoms with Gasteiger partial charge in [-0.3, -0.25) is 0 Å². The van der Waals surface area contributed by atoms with Gasteiger partial charge >= 0.3 is 0 Å². The van der Waals surface area contributed by atoms with Crippen molar-refractivity contribution < 1.29 is 13.3 Å². The lowest BCUT2D eigenvalue weighted by atomic mass is 10.1. The molecule has 0 fully saturated rings. The number of aromatic nitrogens is 2. The molecular weight excluding hydrogens is 276 g/mol. The highest BCUT2D eigenvalue weighted by Crippen LogP contribution is 2.27. The standard InChI is InChI=1S/C15H11F2N3O/c1-8-5-11(13(17)7-12(8)16)15-19-14(20-21-15)9-3-2-4-10(18)6-9/h2-7H,18H2,1H3. The van der Waals surface area contributed by atoms with Crippen molar-refractivity contribution in [3.05, 3.63) is 53.6 Å². The van der Waals surface area contributed by atoms with Crippen molar-refractivity contribution in [2.75, 3.05) is 5.73 Å². The average Bonchev–Trinajstić information content (AvgIpc) is 2.92. The Morgan fingerprint density at radius 2 is 1.90 bits per heavy atom. The fourth-order valence-corrected chi connectivity index (χ4v) is 1.95. The van der Waals surface area contributed by atoms with Crippen LogP contribution in [-0.2, 0) is 0 Å². The van der Waals surface area contributed by atoms with Crippen molar-refractivity contribution in [2.45, 2.75) is 6.92 Å². The van der Waals surface area contributed by atoms with Gasteiger partial charge in [0.1, 0.15) is 11.6 Å². The average molecular weight is 287 g/mol. The normalized spacial score (nSPS) is 10.8. The van der Waals surface area contributed by atoms with Gasteiger partial charge in [-0.05, 0) is 30.7 Å². The lowest BCUT2D eigenvalue weighted by Gasteiger charge is -2.00. The van der Waals surface area contributed by atoms with E-state index in [2.05, 4.69) is 10.1 Å². The van der Waals surface area contributed by atoms with Crippen LogP contribution in [0.4, 0.5) is 14.5 Å². The van der Waals surface area contributed by atoms with E-state index in [0.29, 0.717) is 22.6 Å². The monoisotopic (exact) mass is 287 g/mol. The van der Waals surface area contributed by atoms with Gasteiger partial charge in [-0.2, -0.15) is 4.98 Å². The minimum atomic E-state index is -0.749. The second kappa shape index (κ2) is 4.97. The maximum atomic E-state index is 13.8. The number of anilines is 1. The third-order valence-corrected chi connectivity index (χ3v) is 3.05. The minimum Gasteiger partial charge on any atom is -0.399 e. The van der Waals surface area contributed by atoms with Gasteiger partial charge in [-0.1, -0.05) is 17.3 Å². The minimum absolute atomic E-state index is 0.00646. The summed E-state index contributed by atoms with van der Waals surface area (Å²) in [7, 11) is 0. The van der Waals surface area contributed by atoms with Gasteiger partial charge < -0.3 is 10.3 Å². The second-order valence-corrected chi connectivity index (χ2v) is 4.63. The van der Waals surface area contributed by atoms with Crippen LogP contribution in [0.2, 0.25) is 0 Å². The van der Waals surface area contributed by atoms with E-state index in [-0.39, 0.29) is 11.5 Å². The van der Waals surface area contributed by atoms with Gasteiger partial charge in [0, 0.05) is 17.3 Å². The number of halogens is 2. The molecule has 3 rings (SSSR count). The van der Waals surface area contributed by atoms with Crippen molar-refractivity contribution in [1.29, 1.82) is 0 Å². The number of nitrogens with two attached hydrogens (primary N) is 1. The molecule has 0 saturated carbocycles. The van der Waals surface area contributed by atoms with Crippen LogP contribution in [0.3, 0.4) is 0 Å². The Balaban J connectivity index is 2.05. The predicted molar refractivity (Wildman–Crippen MR) is 74.2 cm³/mol. The Bertz CT molecular complexity index is 814. The van der Waals surface area contributed by atoms with Crippen LogP contribution in [0, 0.1) is 18.6 Å². The lowest BCUT2D eigenvalue weighted by molar-refractivity contribution is 0.429. The molecule has 0 aliphatic rings. The van der Waals surface area contributed by atoms with E-state index in [1.165, 1.54) is 13.0 Å². The van der Waals surface area contributed by atoms with Crippen LogP contribution in [0.1, 0.15) is 5.56 Å². The molecule has 2 N–H and O–H groups in total. The van der Waals surface area contributed by atoms with E-state index >= 15 is 0 Å². The predicted octanol–water partition coefficient (Wildman–Crippen LogP) is 3.57. The summed E-state index contributed by atoms with van der Waals surface area (Å²) < 4.78 is 32.1. The maximum Gasteiger partial charge on any atom is 0.261 e. The summed E-state index contributed by atoms with van der Waals surface area (Å²) in [6.45, 7) is 1.54. The zero-order valence-corrected chi connectivity index (χ0v) is 11.1. The summed E-state index contributed by atoms with van der Waals surface area (Å²) in [6.07, 6.45) is 0. The van der Waals surface area contributed by atoms with E-state index in [1.54, 1.807) is 24.3 Å². The molecule has 0 radical (unpaired) electrons. The molecular formula is C15H11F2N3O. The highest BCUT2D eigenvalue weighted by molar-refractivity contribution is 5.63. The number of benzene rings is 2. The molecule has 0 bridgehead atoms. The van der Waals surface area contributed by atoms with Crippen molar-refractivity contribution in [3.8, 4) is 22.8 Å². The first kappa shape index (κ1) is 13.2. The van der Waals surface area contributed by atoms with Crippen LogP contribution in [0.25, 0.3) is 22.8 Å². The first-order valence-electron chi connectivity index (χ1n) is 6.20. The van der Waals surface area contributed by atoms with Crippen LogP contribution in [-0.4, -0.2) is 10.1 Å². The number of aryl methyl sites for hydroxylation is 1. The van der Waals surface area contributed by atoms with Gasteiger partial charge in [-0.25, -0.2) is 8.78 Å². The zero-order chi connectivity index (χ0) is 15.0. The van der Waals surface area contributed by atoms with E-state index in [1.807, 2.05) is 0 Å². The third-order valence-electron chi connectivity index (χ3n) is 3.05. The van der Waals surface area contributed by atoms with E-state index in [0.717, 1.165) is 6.07 Å². The molecule has 6 heteroatoms. The van der Waals surface area contributed by atoms with Gasteiger partial charge in [0.05, 0.1) is 5.56 Å². The van der Waals surface area contributed by atoms with E-state index < -0.39 is 11.6 Å². The molecule has 3 aromatic rings. The Morgan fingerprint density at radius 3 is 2.67 bits per heavy atom. The maximum absolute atomic E-state index is 13.8. The number of rotatable bonds is 2. The molecule has 106 valence electrons. The Labute approximate surface area is 119 Å². The van der Waals surface area contributed by atoms with Crippen LogP contribution in [0.15, 0.2) is 40.9 Å². The van der Waals surface area contributed by atoms with Gasteiger partial charge in [0.15, 0.2) is 0 Å². The van der Waals surface area contributed by atoms with Crippen molar-refractivity contribution in [3.63, 3.8) is 0 Å². The SMILES string of the molecule is Cc1cc(-c2nc(-c3cccc(N)c3)no2)c(F)cc1F. The molecule has 0 spiro atoms. The fraction of sp³-hybridized carbons (Fsp3) is 0.0667.